The predicted octanol–water partition coefficient (Wildman–Crippen LogP) is 5.93. The minimum atomic E-state index is -0.460. The van der Waals surface area contributed by atoms with E-state index in [1.165, 1.54) is 11.1 Å². The fraction of sp³-hybridized carbons (Fsp3) is 0.424. The first-order valence-electron chi connectivity index (χ1n) is 13.9. The molecule has 1 aliphatic rings. The Morgan fingerprint density at radius 1 is 1.05 bits per heavy atom. The average molecular weight is 547 g/mol. The van der Waals surface area contributed by atoms with E-state index in [-0.39, 0.29) is 17.9 Å². The standard InChI is InChI=1S/C33H42N2O3S/c1-5-38-32(37)19-24-13-15-26(16-14-24)29-11-8-12-31(20-29)39-35(4)23-30(36)22-34-33(2,3)21-25-17-27-9-6-7-10-28(27)18-25/h6-16,20,25,30,34,36H,5,17-19,21-23H2,1-4H3/t30-/m1/s1. The first-order valence-corrected chi connectivity index (χ1v) is 14.7. The van der Waals surface area contributed by atoms with E-state index in [2.05, 4.69) is 72.0 Å². The highest BCUT2D eigenvalue weighted by molar-refractivity contribution is 7.97. The van der Waals surface area contributed by atoms with Crippen molar-refractivity contribution >= 4 is 17.9 Å². The molecule has 0 fully saturated rings. The van der Waals surface area contributed by atoms with Crippen LogP contribution >= 0.6 is 11.9 Å². The smallest absolute Gasteiger partial charge is 0.310 e. The van der Waals surface area contributed by atoms with Crippen LogP contribution in [0.1, 0.15) is 43.9 Å². The van der Waals surface area contributed by atoms with Gasteiger partial charge in [-0.25, -0.2) is 4.31 Å². The van der Waals surface area contributed by atoms with Gasteiger partial charge in [-0.15, -0.1) is 0 Å². The van der Waals surface area contributed by atoms with Crippen molar-refractivity contribution in [1.82, 2.24) is 9.62 Å². The van der Waals surface area contributed by atoms with Crippen LogP contribution in [0.3, 0.4) is 0 Å². The Hall–Kier alpha value is -2.64. The second-order valence-electron chi connectivity index (χ2n) is 11.3. The highest BCUT2D eigenvalue weighted by Crippen LogP contribution is 2.32. The number of benzene rings is 3. The summed E-state index contributed by atoms with van der Waals surface area (Å²) in [5, 5.41) is 14.4. The summed E-state index contributed by atoms with van der Waals surface area (Å²) in [5.74, 6) is 0.453. The zero-order valence-electron chi connectivity index (χ0n) is 23.7. The lowest BCUT2D eigenvalue weighted by Crippen LogP contribution is -2.46. The molecule has 0 saturated carbocycles. The number of fused-ring (bicyclic) bond motifs is 1. The highest BCUT2D eigenvalue weighted by Gasteiger charge is 2.28. The van der Waals surface area contributed by atoms with Gasteiger partial charge in [-0.2, -0.15) is 0 Å². The second kappa shape index (κ2) is 13.6. The summed E-state index contributed by atoms with van der Waals surface area (Å²) in [5.41, 5.74) is 6.12. The number of nitrogens with one attached hydrogen (secondary N) is 1. The van der Waals surface area contributed by atoms with Gasteiger partial charge < -0.3 is 15.2 Å². The summed E-state index contributed by atoms with van der Waals surface area (Å²) in [6, 6.07) is 25.2. The lowest BCUT2D eigenvalue weighted by molar-refractivity contribution is -0.142. The van der Waals surface area contributed by atoms with Gasteiger partial charge in [0, 0.05) is 23.5 Å². The number of ether oxygens (including phenoxy) is 1. The van der Waals surface area contributed by atoms with E-state index in [0.717, 1.165) is 40.8 Å². The van der Waals surface area contributed by atoms with Crippen LogP contribution in [0.2, 0.25) is 0 Å². The Bertz CT molecular complexity index is 1200. The number of esters is 1. The normalized spacial score (nSPS) is 14.4. The maximum atomic E-state index is 11.7. The quantitative estimate of drug-likeness (QED) is 0.205. The third-order valence-electron chi connectivity index (χ3n) is 7.25. The van der Waals surface area contributed by atoms with E-state index < -0.39 is 6.10 Å². The number of hydrogen-bond acceptors (Lipinski definition) is 6. The van der Waals surface area contributed by atoms with E-state index in [4.69, 9.17) is 4.74 Å². The SMILES string of the molecule is CCOC(=O)Cc1ccc(-c2cccc(SN(C)C[C@H](O)CNC(C)(C)CC3Cc4ccccc4C3)c2)cc1. The topological polar surface area (TPSA) is 61.8 Å². The molecule has 0 radical (unpaired) electrons. The molecule has 3 aromatic rings. The van der Waals surface area contributed by atoms with Crippen LogP contribution in [0, 0.1) is 5.92 Å². The number of hydrogen-bond donors (Lipinski definition) is 2. The molecule has 0 unspecified atom stereocenters. The van der Waals surface area contributed by atoms with Gasteiger partial charge in [0.2, 0.25) is 0 Å². The molecule has 0 bridgehead atoms. The molecule has 39 heavy (non-hydrogen) atoms. The molecule has 5 nitrogen and oxygen atoms in total. The lowest BCUT2D eigenvalue weighted by Gasteiger charge is -2.31. The van der Waals surface area contributed by atoms with E-state index >= 15 is 0 Å². The minimum absolute atomic E-state index is 0.0282. The molecule has 0 spiro atoms. The van der Waals surface area contributed by atoms with E-state index in [9.17, 15) is 9.90 Å². The van der Waals surface area contributed by atoms with Crippen molar-refractivity contribution in [3.05, 3.63) is 89.5 Å². The fourth-order valence-corrected chi connectivity index (χ4v) is 6.41. The summed E-state index contributed by atoms with van der Waals surface area (Å²) in [6.07, 6.45) is 3.23. The summed E-state index contributed by atoms with van der Waals surface area (Å²) in [4.78, 5) is 12.9. The van der Waals surface area contributed by atoms with Crippen LogP contribution < -0.4 is 5.32 Å². The molecule has 0 saturated heterocycles. The number of rotatable bonds is 13. The van der Waals surface area contributed by atoms with Crippen molar-refractivity contribution in [3.8, 4) is 11.1 Å². The fourth-order valence-electron chi connectivity index (χ4n) is 5.49. The number of likely N-dealkylation sites (N-methyl/N-ethyl adjacent to an activating group) is 1. The van der Waals surface area contributed by atoms with Crippen LogP contribution in [-0.4, -0.2) is 53.8 Å². The molecular weight excluding hydrogens is 504 g/mol. The predicted molar refractivity (Wildman–Crippen MR) is 161 cm³/mol. The van der Waals surface area contributed by atoms with Gasteiger partial charge in [0.1, 0.15) is 0 Å². The molecule has 0 amide bonds. The molecule has 0 aliphatic heterocycles. The minimum Gasteiger partial charge on any atom is -0.466 e. The molecule has 2 N–H and O–H groups in total. The van der Waals surface area contributed by atoms with Crippen molar-refractivity contribution in [2.24, 2.45) is 5.92 Å². The van der Waals surface area contributed by atoms with Gasteiger partial charge in [-0.3, -0.25) is 4.79 Å². The molecule has 6 heteroatoms. The van der Waals surface area contributed by atoms with Crippen molar-refractivity contribution in [2.75, 3.05) is 26.7 Å². The van der Waals surface area contributed by atoms with Crippen molar-refractivity contribution in [2.45, 2.75) is 63.0 Å². The zero-order chi connectivity index (χ0) is 27.8. The number of aliphatic hydroxyl groups excluding tert-OH is 1. The zero-order valence-corrected chi connectivity index (χ0v) is 24.5. The summed E-state index contributed by atoms with van der Waals surface area (Å²) in [6.45, 7) is 7.84. The number of carbonyl (C=O) groups is 1. The molecule has 1 atom stereocenters. The van der Waals surface area contributed by atoms with Gasteiger partial charge in [-0.05, 0) is 105 Å². The van der Waals surface area contributed by atoms with E-state index in [0.29, 0.717) is 25.6 Å². The third-order valence-corrected chi connectivity index (χ3v) is 8.18. The van der Waals surface area contributed by atoms with Crippen LogP contribution in [0.15, 0.2) is 77.7 Å². The molecule has 4 rings (SSSR count). The lowest BCUT2D eigenvalue weighted by atomic mass is 9.88. The van der Waals surface area contributed by atoms with Crippen molar-refractivity contribution < 1.29 is 14.6 Å². The molecule has 3 aromatic carbocycles. The highest BCUT2D eigenvalue weighted by atomic mass is 32.2. The van der Waals surface area contributed by atoms with Gasteiger partial charge in [0.05, 0.1) is 19.1 Å². The Morgan fingerprint density at radius 3 is 2.41 bits per heavy atom. The Kier molecular flexibility index (Phi) is 10.2. The molecule has 0 heterocycles. The monoisotopic (exact) mass is 546 g/mol. The first kappa shape index (κ1) is 29.3. The largest absolute Gasteiger partial charge is 0.466 e. The summed E-state index contributed by atoms with van der Waals surface area (Å²) >= 11 is 1.63. The Morgan fingerprint density at radius 2 is 1.74 bits per heavy atom. The first-order chi connectivity index (χ1) is 18.7. The van der Waals surface area contributed by atoms with Gasteiger partial charge >= 0.3 is 5.97 Å². The van der Waals surface area contributed by atoms with Gasteiger partial charge in [-0.1, -0.05) is 60.7 Å². The van der Waals surface area contributed by atoms with Crippen LogP contribution in [-0.2, 0) is 28.8 Å². The third kappa shape index (κ3) is 8.94. The molecule has 0 aromatic heterocycles. The van der Waals surface area contributed by atoms with Crippen LogP contribution in [0.25, 0.3) is 11.1 Å². The van der Waals surface area contributed by atoms with Crippen molar-refractivity contribution in [3.63, 3.8) is 0 Å². The van der Waals surface area contributed by atoms with E-state index in [1.807, 2.05) is 38.2 Å². The average Bonchev–Trinajstić information content (AvgIpc) is 3.30. The summed E-state index contributed by atoms with van der Waals surface area (Å²) in [7, 11) is 2.02. The van der Waals surface area contributed by atoms with Gasteiger partial charge in [0.25, 0.3) is 0 Å². The molecule has 208 valence electrons. The Balaban J connectivity index is 1.23. The second-order valence-corrected chi connectivity index (χ2v) is 12.6. The number of nitrogens with zero attached hydrogens (tertiary/aromatic N) is 1. The molecular formula is C33H42N2O3S. The molecule has 1 aliphatic carbocycles. The summed E-state index contributed by atoms with van der Waals surface area (Å²) < 4.78 is 7.13. The van der Waals surface area contributed by atoms with E-state index in [1.54, 1.807) is 11.9 Å². The van der Waals surface area contributed by atoms with Gasteiger partial charge in [0.15, 0.2) is 0 Å². The number of aliphatic hydroxyl groups is 1. The maximum absolute atomic E-state index is 11.7. The Labute approximate surface area is 238 Å². The number of carbonyl (C=O) groups excluding carboxylic acids is 1. The maximum Gasteiger partial charge on any atom is 0.310 e. The van der Waals surface area contributed by atoms with Crippen LogP contribution in [0.4, 0.5) is 0 Å². The van der Waals surface area contributed by atoms with Crippen molar-refractivity contribution in [1.29, 1.82) is 0 Å². The van der Waals surface area contributed by atoms with Crippen LogP contribution in [0.5, 0.6) is 0 Å². The number of β-amino-alcohol motifs (C(OH)–C–C–N with tert-alkyl or cyclic N) is 1.